The van der Waals surface area contributed by atoms with Crippen LogP contribution in [0.4, 0.5) is 5.69 Å². The molecule has 3 aromatic carbocycles. The number of hydrogen-bond donors (Lipinski definition) is 1. The number of anilines is 1. The van der Waals surface area contributed by atoms with E-state index in [9.17, 15) is 9.59 Å². The first-order valence-electron chi connectivity index (χ1n) is 12.0. The van der Waals surface area contributed by atoms with Crippen molar-refractivity contribution in [3.05, 3.63) is 96.2 Å². The van der Waals surface area contributed by atoms with Gasteiger partial charge in [-0.15, -0.1) is 0 Å². The van der Waals surface area contributed by atoms with Gasteiger partial charge in [-0.25, -0.2) is 0 Å². The van der Waals surface area contributed by atoms with Crippen LogP contribution in [-0.4, -0.2) is 41.4 Å². The molecule has 5 rings (SSSR count). The van der Waals surface area contributed by atoms with Gasteiger partial charge in [0.05, 0.1) is 26.5 Å². The standard InChI is InChI=1S/C29H28N4O4/c1-29(28(35)30-18-20-8-5-4-6-9-20)19-32-26(17-25(31-32)21-12-14-23(36-2)15-13-21)27(34)33(29)22-10-7-11-24(16-22)37-3/h4-17H,18-19H2,1-3H3,(H,30,35). The SMILES string of the molecule is COc1ccc(-c2cc3n(n2)CC(C)(C(=O)NCc2ccccc2)N(c2cccc(OC)c2)C3=O)cc1. The fourth-order valence-corrected chi connectivity index (χ4v) is 4.61. The van der Waals surface area contributed by atoms with Gasteiger partial charge in [-0.2, -0.15) is 5.10 Å². The summed E-state index contributed by atoms with van der Waals surface area (Å²) < 4.78 is 12.3. The number of nitrogens with one attached hydrogen (secondary N) is 1. The van der Waals surface area contributed by atoms with Crippen LogP contribution < -0.4 is 19.7 Å². The first-order valence-corrected chi connectivity index (χ1v) is 12.0. The van der Waals surface area contributed by atoms with Crippen molar-refractivity contribution in [2.75, 3.05) is 19.1 Å². The number of ether oxygens (including phenoxy) is 2. The molecule has 0 saturated heterocycles. The lowest BCUT2D eigenvalue weighted by atomic mass is 9.93. The second-order valence-corrected chi connectivity index (χ2v) is 9.09. The minimum absolute atomic E-state index is 0.183. The highest BCUT2D eigenvalue weighted by Crippen LogP contribution is 2.35. The van der Waals surface area contributed by atoms with Crippen LogP contribution in [-0.2, 0) is 17.9 Å². The summed E-state index contributed by atoms with van der Waals surface area (Å²) in [4.78, 5) is 29.3. The first-order chi connectivity index (χ1) is 17.9. The molecular formula is C29H28N4O4. The van der Waals surface area contributed by atoms with Crippen molar-refractivity contribution in [2.45, 2.75) is 25.6 Å². The van der Waals surface area contributed by atoms with Gasteiger partial charge in [0, 0.05) is 23.9 Å². The number of methoxy groups -OCH3 is 2. The van der Waals surface area contributed by atoms with Crippen LogP contribution in [0.15, 0.2) is 84.9 Å². The maximum atomic E-state index is 14.0. The van der Waals surface area contributed by atoms with E-state index in [1.54, 1.807) is 61.1 Å². The van der Waals surface area contributed by atoms with Crippen molar-refractivity contribution in [1.29, 1.82) is 0 Å². The molecule has 1 aromatic heterocycles. The van der Waals surface area contributed by atoms with Crippen molar-refractivity contribution < 1.29 is 19.1 Å². The van der Waals surface area contributed by atoms with Crippen LogP contribution in [0.3, 0.4) is 0 Å². The van der Waals surface area contributed by atoms with Crippen LogP contribution in [0.25, 0.3) is 11.3 Å². The lowest BCUT2D eigenvalue weighted by Gasteiger charge is -2.43. The average molecular weight is 497 g/mol. The van der Waals surface area contributed by atoms with Gasteiger partial charge in [0.25, 0.3) is 5.91 Å². The van der Waals surface area contributed by atoms with Crippen molar-refractivity contribution in [2.24, 2.45) is 0 Å². The zero-order chi connectivity index (χ0) is 26.0. The van der Waals surface area contributed by atoms with E-state index in [-0.39, 0.29) is 18.4 Å². The van der Waals surface area contributed by atoms with Gasteiger partial charge in [0.1, 0.15) is 22.7 Å². The second-order valence-electron chi connectivity index (χ2n) is 9.09. The van der Waals surface area contributed by atoms with Crippen molar-refractivity contribution in [3.8, 4) is 22.8 Å². The molecule has 0 bridgehead atoms. The summed E-state index contributed by atoms with van der Waals surface area (Å²) >= 11 is 0. The normalized spacial score (nSPS) is 16.7. The Morgan fingerprint density at radius 2 is 1.68 bits per heavy atom. The minimum Gasteiger partial charge on any atom is -0.497 e. The predicted octanol–water partition coefficient (Wildman–Crippen LogP) is 4.30. The average Bonchev–Trinajstić information content (AvgIpc) is 3.36. The Morgan fingerprint density at radius 3 is 2.38 bits per heavy atom. The number of hydrogen-bond acceptors (Lipinski definition) is 5. The molecule has 0 fully saturated rings. The Balaban J connectivity index is 1.54. The molecule has 2 heterocycles. The lowest BCUT2D eigenvalue weighted by Crippen LogP contribution is -2.64. The molecule has 0 aliphatic carbocycles. The van der Waals surface area contributed by atoms with Gasteiger partial charge in [-0.1, -0.05) is 36.4 Å². The van der Waals surface area contributed by atoms with E-state index in [1.165, 1.54) is 0 Å². The summed E-state index contributed by atoms with van der Waals surface area (Å²) in [6, 6.07) is 26.1. The third kappa shape index (κ3) is 4.53. The number of amides is 2. The molecule has 0 spiro atoms. The fourth-order valence-electron chi connectivity index (χ4n) is 4.61. The number of carbonyl (C=O) groups excluding carboxylic acids is 2. The highest BCUT2D eigenvalue weighted by Gasteiger charge is 2.49. The summed E-state index contributed by atoms with van der Waals surface area (Å²) in [6.45, 7) is 2.29. The topological polar surface area (TPSA) is 85.7 Å². The Kier molecular flexibility index (Phi) is 6.40. The third-order valence-electron chi connectivity index (χ3n) is 6.64. The van der Waals surface area contributed by atoms with E-state index < -0.39 is 5.54 Å². The molecule has 8 nitrogen and oxygen atoms in total. The predicted molar refractivity (Wildman–Crippen MR) is 141 cm³/mol. The van der Waals surface area contributed by atoms with Crippen molar-refractivity contribution in [1.82, 2.24) is 15.1 Å². The highest BCUT2D eigenvalue weighted by atomic mass is 16.5. The van der Waals surface area contributed by atoms with E-state index in [2.05, 4.69) is 5.32 Å². The summed E-state index contributed by atoms with van der Waals surface area (Å²) in [6.07, 6.45) is 0. The molecule has 1 N–H and O–H groups in total. The van der Waals surface area contributed by atoms with Crippen LogP contribution in [0.2, 0.25) is 0 Å². The molecule has 2 amide bonds. The molecule has 188 valence electrons. The monoisotopic (exact) mass is 496 g/mol. The summed E-state index contributed by atoms with van der Waals surface area (Å²) in [5.74, 6) is 0.731. The smallest absolute Gasteiger partial charge is 0.277 e. The van der Waals surface area contributed by atoms with E-state index in [1.807, 2.05) is 54.6 Å². The number of benzene rings is 3. The van der Waals surface area contributed by atoms with Crippen molar-refractivity contribution in [3.63, 3.8) is 0 Å². The van der Waals surface area contributed by atoms with Crippen LogP contribution in [0, 0.1) is 0 Å². The Morgan fingerprint density at radius 1 is 0.946 bits per heavy atom. The number of rotatable bonds is 7. The maximum absolute atomic E-state index is 14.0. The van der Waals surface area contributed by atoms with Gasteiger partial charge in [0.15, 0.2) is 0 Å². The van der Waals surface area contributed by atoms with E-state index in [0.29, 0.717) is 29.4 Å². The Hall–Kier alpha value is -4.59. The van der Waals surface area contributed by atoms with Gasteiger partial charge < -0.3 is 14.8 Å². The molecule has 1 aliphatic heterocycles. The molecule has 0 saturated carbocycles. The minimum atomic E-state index is -1.24. The molecule has 1 unspecified atom stereocenters. The molecule has 4 aromatic rings. The molecule has 37 heavy (non-hydrogen) atoms. The molecule has 0 radical (unpaired) electrons. The van der Waals surface area contributed by atoms with Crippen LogP contribution in [0.1, 0.15) is 23.0 Å². The van der Waals surface area contributed by atoms with Gasteiger partial charge in [-0.3, -0.25) is 19.2 Å². The zero-order valence-corrected chi connectivity index (χ0v) is 21.0. The van der Waals surface area contributed by atoms with Crippen LogP contribution >= 0.6 is 0 Å². The highest BCUT2D eigenvalue weighted by molar-refractivity contribution is 6.12. The summed E-state index contributed by atoms with van der Waals surface area (Å²) in [5, 5.41) is 7.73. The van der Waals surface area contributed by atoms with Gasteiger partial charge >= 0.3 is 0 Å². The van der Waals surface area contributed by atoms with Crippen LogP contribution in [0.5, 0.6) is 11.5 Å². The molecule has 8 heteroatoms. The van der Waals surface area contributed by atoms with E-state index in [0.717, 1.165) is 16.9 Å². The van der Waals surface area contributed by atoms with Crippen molar-refractivity contribution >= 4 is 17.5 Å². The summed E-state index contributed by atoms with van der Waals surface area (Å²) in [5.41, 5.74) is 2.19. The number of nitrogens with zero attached hydrogens (tertiary/aromatic N) is 3. The largest absolute Gasteiger partial charge is 0.497 e. The third-order valence-corrected chi connectivity index (χ3v) is 6.64. The summed E-state index contributed by atoms with van der Waals surface area (Å²) in [7, 11) is 3.18. The quantitative estimate of drug-likeness (QED) is 0.412. The fraction of sp³-hybridized carbons (Fsp3) is 0.207. The van der Waals surface area contributed by atoms with Gasteiger partial charge in [-0.05, 0) is 55.0 Å². The lowest BCUT2D eigenvalue weighted by molar-refractivity contribution is -0.126. The molecule has 1 aliphatic rings. The van der Waals surface area contributed by atoms with Gasteiger partial charge in [0.2, 0.25) is 5.91 Å². The number of carbonyl (C=O) groups is 2. The molecular weight excluding hydrogens is 468 g/mol. The Labute approximate surface area is 215 Å². The van der Waals surface area contributed by atoms with E-state index in [4.69, 9.17) is 14.6 Å². The number of aromatic nitrogens is 2. The Bertz CT molecular complexity index is 1430. The maximum Gasteiger partial charge on any atom is 0.277 e. The zero-order valence-electron chi connectivity index (χ0n) is 21.0. The number of fused-ring (bicyclic) bond motifs is 1. The molecule has 1 atom stereocenters. The first kappa shape index (κ1) is 24.1. The second kappa shape index (κ2) is 9.81. The van der Waals surface area contributed by atoms with E-state index >= 15 is 0 Å².